The first-order chi connectivity index (χ1) is 12.2. The summed E-state index contributed by atoms with van der Waals surface area (Å²) < 4.78 is 12.1. The number of likely N-dealkylation sites (tertiary alicyclic amines) is 1. The molecule has 132 valence electrons. The average Bonchev–Trinajstić information content (AvgIpc) is 3.13. The summed E-state index contributed by atoms with van der Waals surface area (Å²) in [6.45, 7) is 8.54. The average molecular weight is 339 g/mol. The van der Waals surface area contributed by atoms with Crippen LogP contribution in [-0.4, -0.2) is 47.3 Å². The molecule has 25 heavy (non-hydrogen) atoms. The maximum Gasteiger partial charge on any atom is 0.122 e. The van der Waals surface area contributed by atoms with Crippen molar-refractivity contribution in [3.63, 3.8) is 0 Å². The lowest BCUT2D eigenvalue weighted by atomic mass is 9.94. The van der Waals surface area contributed by atoms with Gasteiger partial charge < -0.3 is 9.47 Å². The predicted octanol–water partition coefficient (Wildman–Crippen LogP) is 2.62. The zero-order valence-corrected chi connectivity index (χ0v) is 14.9. The van der Waals surface area contributed by atoms with E-state index in [1.54, 1.807) is 0 Å². The number of ether oxygens (including phenoxy) is 2. The number of aryl methyl sites for hydroxylation is 2. The second-order valence-electron chi connectivity index (χ2n) is 7.25. The largest absolute Gasteiger partial charge is 0.493 e. The van der Waals surface area contributed by atoms with Gasteiger partial charge in [-0.05, 0) is 25.5 Å². The topological polar surface area (TPSA) is 47.5 Å². The van der Waals surface area contributed by atoms with Crippen molar-refractivity contribution in [2.24, 2.45) is 11.8 Å². The maximum atomic E-state index is 6.06. The van der Waals surface area contributed by atoms with E-state index in [2.05, 4.69) is 20.9 Å². The Morgan fingerprint density at radius 2 is 2.08 bits per heavy atom. The Kier molecular flexibility index (Phi) is 4.68. The minimum atomic E-state index is 0.339. The Hall–Kier alpha value is -1.98. The standard InChI is InChI=1S/C20H25N3O2/c1-14-6-18(7-15(2)22-14)24-12-17-13-25-20-11-23(10-19(17)20)9-16-4-3-5-21-8-16/h3-8,17,19-20H,9-13H2,1-2H3/t17-,19+,20+/m0/s1. The Labute approximate surface area is 149 Å². The molecule has 0 spiro atoms. The number of hydrogen-bond donors (Lipinski definition) is 0. The summed E-state index contributed by atoms with van der Waals surface area (Å²) in [7, 11) is 0. The summed E-state index contributed by atoms with van der Waals surface area (Å²) in [5.74, 6) is 1.93. The zero-order valence-electron chi connectivity index (χ0n) is 14.9. The molecular formula is C20H25N3O2. The molecular weight excluding hydrogens is 314 g/mol. The van der Waals surface area contributed by atoms with E-state index in [1.807, 2.05) is 44.4 Å². The van der Waals surface area contributed by atoms with Gasteiger partial charge >= 0.3 is 0 Å². The fourth-order valence-electron chi connectivity index (χ4n) is 4.01. The molecule has 2 aliphatic rings. The van der Waals surface area contributed by atoms with Crippen LogP contribution in [-0.2, 0) is 11.3 Å². The van der Waals surface area contributed by atoms with Gasteiger partial charge in [0.25, 0.3) is 0 Å². The van der Waals surface area contributed by atoms with Crippen molar-refractivity contribution in [1.82, 2.24) is 14.9 Å². The van der Waals surface area contributed by atoms with E-state index in [0.29, 0.717) is 24.5 Å². The third kappa shape index (κ3) is 3.83. The second-order valence-corrected chi connectivity index (χ2v) is 7.25. The fourth-order valence-corrected chi connectivity index (χ4v) is 4.01. The Balaban J connectivity index is 1.34. The maximum absolute atomic E-state index is 6.06. The second kappa shape index (κ2) is 7.10. The molecule has 0 radical (unpaired) electrons. The molecule has 0 aromatic carbocycles. The van der Waals surface area contributed by atoms with Crippen LogP contribution in [0, 0.1) is 25.7 Å². The summed E-state index contributed by atoms with van der Waals surface area (Å²) in [6, 6.07) is 8.14. The number of rotatable bonds is 5. The van der Waals surface area contributed by atoms with E-state index >= 15 is 0 Å². The zero-order chi connectivity index (χ0) is 17.2. The molecule has 0 bridgehead atoms. The lowest BCUT2D eigenvalue weighted by Crippen LogP contribution is -2.26. The highest BCUT2D eigenvalue weighted by Gasteiger charge is 2.43. The van der Waals surface area contributed by atoms with Gasteiger partial charge in [0.1, 0.15) is 5.75 Å². The SMILES string of the molecule is Cc1cc(OC[C@H]2CO[C@@H]3CN(Cc4cccnc4)C[C@H]23)cc(C)n1. The van der Waals surface area contributed by atoms with Crippen LogP contribution in [0.4, 0.5) is 0 Å². The van der Waals surface area contributed by atoms with Gasteiger partial charge in [-0.25, -0.2) is 0 Å². The highest BCUT2D eigenvalue weighted by atomic mass is 16.5. The molecule has 5 heteroatoms. The minimum absolute atomic E-state index is 0.339. The number of nitrogens with zero attached hydrogens (tertiary/aromatic N) is 3. The van der Waals surface area contributed by atoms with Gasteiger partial charge in [0.05, 0.1) is 19.3 Å². The third-order valence-corrected chi connectivity index (χ3v) is 5.16. The highest BCUT2D eigenvalue weighted by molar-refractivity contribution is 5.26. The van der Waals surface area contributed by atoms with Crippen molar-refractivity contribution in [3.05, 3.63) is 53.6 Å². The van der Waals surface area contributed by atoms with E-state index in [9.17, 15) is 0 Å². The molecule has 0 amide bonds. The van der Waals surface area contributed by atoms with Gasteiger partial charge in [-0.1, -0.05) is 6.07 Å². The van der Waals surface area contributed by atoms with E-state index in [-0.39, 0.29) is 0 Å². The molecule has 0 saturated carbocycles. The molecule has 2 saturated heterocycles. The summed E-state index contributed by atoms with van der Waals surface area (Å²) in [4.78, 5) is 11.1. The van der Waals surface area contributed by atoms with Crippen LogP contribution in [0.2, 0.25) is 0 Å². The van der Waals surface area contributed by atoms with Gasteiger partial charge in [-0.3, -0.25) is 14.9 Å². The van der Waals surface area contributed by atoms with Crippen LogP contribution >= 0.6 is 0 Å². The monoisotopic (exact) mass is 339 g/mol. The molecule has 5 nitrogen and oxygen atoms in total. The molecule has 2 aliphatic heterocycles. The van der Waals surface area contributed by atoms with Crippen LogP contribution < -0.4 is 4.74 Å². The van der Waals surface area contributed by atoms with Crippen LogP contribution in [0.5, 0.6) is 5.75 Å². The summed E-state index contributed by atoms with van der Waals surface area (Å²) in [6.07, 6.45) is 4.11. The van der Waals surface area contributed by atoms with E-state index in [0.717, 1.165) is 43.4 Å². The normalized spacial score (nSPS) is 25.9. The molecule has 0 unspecified atom stereocenters. The van der Waals surface area contributed by atoms with Gasteiger partial charge in [-0.15, -0.1) is 0 Å². The molecule has 3 atom stereocenters. The van der Waals surface area contributed by atoms with Crippen LogP contribution in [0.1, 0.15) is 17.0 Å². The van der Waals surface area contributed by atoms with Crippen molar-refractivity contribution < 1.29 is 9.47 Å². The van der Waals surface area contributed by atoms with Crippen molar-refractivity contribution in [2.75, 3.05) is 26.3 Å². The molecule has 4 heterocycles. The number of hydrogen-bond acceptors (Lipinski definition) is 5. The van der Waals surface area contributed by atoms with Crippen molar-refractivity contribution in [3.8, 4) is 5.75 Å². The van der Waals surface area contributed by atoms with E-state index in [1.165, 1.54) is 5.56 Å². The van der Waals surface area contributed by atoms with Crippen LogP contribution in [0.15, 0.2) is 36.7 Å². The van der Waals surface area contributed by atoms with Gasteiger partial charge in [-0.2, -0.15) is 0 Å². The highest BCUT2D eigenvalue weighted by Crippen LogP contribution is 2.34. The molecule has 2 aromatic rings. The van der Waals surface area contributed by atoms with Crippen LogP contribution in [0.3, 0.4) is 0 Å². The number of pyridine rings is 2. The third-order valence-electron chi connectivity index (χ3n) is 5.16. The molecule has 2 aromatic heterocycles. The lowest BCUT2D eigenvalue weighted by Gasteiger charge is -2.20. The Bertz CT molecular complexity index is 702. The Morgan fingerprint density at radius 3 is 2.84 bits per heavy atom. The first kappa shape index (κ1) is 16.5. The van der Waals surface area contributed by atoms with Crippen LogP contribution in [0.25, 0.3) is 0 Å². The molecule has 0 aliphatic carbocycles. The first-order valence-corrected chi connectivity index (χ1v) is 8.98. The predicted molar refractivity (Wildman–Crippen MR) is 95.4 cm³/mol. The first-order valence-electron chi connectivity index (χ1n) is 8.98. The summed E-state index contributed by atoms with van der Waals surface area (Å²) in [5.41, 5.74) is 3.26. The van der Waals surface area contributed by atoms with Gasteiger partial charge in [0.2, 0.25) is 0 Å². The number of fused-ring (bicyclic) bond motifs is 1. The smallest absolute Gasteiger partial charge is 0.122 e. The van der Waals surface area contributed by atoms with Crippen molar-refractivity contribution in [1.29, 1.82) is 0 Å². The van der Waals surface area contributed by atoms with E-state index in [4.69, 9.17) is 9.47 Å². The number of aromatic nitrogens is 2. The lowest BCUT2D eigenvalue weighted by molar-refractivity contribution is 0.0897. The summed E-state index contributed by atoms with van der Waals surface area (Å²) in [5, 5.41) is 0. The molecule has 0 N–H and O–H groups in total. The summed E-state index contributed by atoms with van der Waals surface area (Å²) >= 11 is 0. The molecule has 2 fully saturated rings. The van der Waals surface area contributed by atoms with Gasteiger partial charge in [0.15, 0.2) is 0 Å². The van der Waals surface area contributed by atoms with Gasteiger partial charge in [0, 0.05) is 67.4 Å². The minimum Gasteiger partial charge on any atom is -0.493 e. The van der Waals surface area contributed by atoms with Crippen molar-refractivity contribution in [2.45, 2.75) is 26.5 Å². The van der Waals surface area contributed by atoms with Crippen molar-refractivity contribution >= 4 is 0 Å². The Morgan fingerprint density at radius 1 is 1.24 bits per heavy atom. The van der Waals surface area contributed by atoms with E-state index < -0.39 is 0 Å². The fraction of sp³-hybridized carbons (Fsp3) is 0.500. The molecule has 4 rings (SSSR count). The quantitative estimate of drug-likeness (QED) is 0.838.